The number of anilines is 1. The molecular weight excluding hydrogens is 274 g/mol. The average molecular weight is 296 g/mol. The van der Waals surface area contributed by atoms with E-state index in [0.717, 1.165) is 22.3 Å². The zero-order valence-electron chi connectivity index (χ0n) is 12.1. The van der Waals surface area contributed by atoms with E-state index >= 15 is 0 Å². The van der Waals surface area contributed by atoms with Crippen LogP contribution in [0, 0.1) is 12.8 Å². The number of nitrogens with two attached hydrogens (primary N) is 1. The lowest BCUT2D eigenvalue weighted by Gasteiger charge is -2.14. The number of aromatic amines is 1. The molecule has 1 amide bonds. The zero-order valence-corrected chi connectivity index (χ0v) is 12.9. The summed E-state index contributed by atoms with van der Waals surface area (Å²) in [4.78, 5) is 15.2. The molecule has 0 bridgehead atoms. The Balaban J connectivity index is 0.00000200. The summed E-state index contributed by atoms with van der Waals surface area (Å²) in [5.41, 5.74) is 8.83. The molecule has 0 spiro atoms. The predicted molar refractivity (Wildman–Crippen MR) is 86.3 cm³/mol. The van der Waals surface area contributed by atoms with Crippen LogP contribution in [0.3, 0.4) is 0 Å². The summed E-state index contributed by atoms with van der Waals surface area (Å²) in [6.07, 6.45) is 0.692. The Bertz CT molecular complexity index is 592. The topological polar surface area (TPSA) is 70.9 Å². The number of benzene rings is 1. The predicted octanol–water partition coefficient (Wildman–Crippen LogP) is 3.21. The fourth-order valence-corrected chi connectivity index (χ4v) is 2.21. The molecule has 0 saturated heterocycles. The van der Waals surface area contributed by atoms with Crippen LogP contribution in [0.5, 0.6) is 0 Å². The van der Waals surface area contributed by atoms with Gasteiger partial charge in [-0.1, -0.05) is 13.8 Å². The van der Waals surface area contributed by atoms with E-state index in [1.165, 1.54) is 0 Å². The van der Waals surface area contributed by atoms with Crippen molar-refractivity contribution in [2.24, 2.45) is 11.7 Å². The zero-order chi connectivity index (χ0) is 14.0. The fourth-order valence-electron chi connectivity index (χ4n) is 2.21. The third-order valence-electron chi connectivity index (χ3n) is 3.09. The first-order valence-corrected chi connectivity index (χ1v) is 6.61. The van der Waals surface area contributed by atoms with Crippen LogP contribution in [-0.4, -0.2) is 16.9 Å². The van der Waals surface area contributed by atoms with Crippen LogP contribution >= 0.6 is 12.4 Å². The normalized spacial score (nSPS) is 12.2. The van der Waals surface area contributed by atoms with Gasteiger partial charge in [0.2, 0.25) is 5.91 Å². The number of hydrogen-bond acceptors (Lipinski definition) is 2. The van der Waals surface area contributed by atoms with Crippen LogP contribution in [0.4, 0.5) is 5.69 Å². The quantitative estimate of drug-likeness (QED) is 0.810. The Hall–Kier alpha value is -1.52. The highest BCUT2D eigenvalue weighted by atomic mass is 35.5. The number of rotatable bonds is 4. The highest BCUT2D eigenvalue weighted by Crippen LogP contribution is 2.20. The number of carbonyl (C=O) groups is 1. The minimum Gasteiger partial charge on any atom is -0.359 e. The Labute approximate surface area is 125 Å². The van der Waals surface area contributed by atoms with Crippen molar-refractivity contribution >= 4 is 34.9 Å². The largest absolute Gasteiger partial charge is 0.359 e. The summed E-state index contributed by atoms with van der Waals surface area (Å²) >= 11 is 0. The minimum atomic E-state index is -0.455. The van der Waals surface area contributed by atoms with Crippen molar-refractivity contribution in [3.63, 3.8) is 0 Å². The van der Waals surface area contributed by atoms with E-state index in [4.69, 9.17) is 5.73 Å². The minimum absolute atomic E-state index is 0. The van der Waals surface area contributed by atoms with Gasteiger partial charge in [0.05, 0.1) is 6.04 Å². The van der Waals surface area contributed by atoms with E-state index in [1.807, 2.05) is 25.1 Å². The second-order valence-corrected chi connectivity index (χ2v) is 5.48. The summed E-state index contributed by atoms with van der Waals surface area (Å²) < 4.78 is 0. The molecule has 20 heavy (non-hydrogen) atoms. The van der Waals surface area contributed by atoms with Crippen LogP contribution in [-0.2, 0) is 4.79 Å². The van der Waals surface area contributed by atoms with E-state index < -0.39 is 6.04 Å². The van der Waals surface area contributed by atoms with E-state index in [2.05, 4.69) is 30.2 Å². The highest BCUT2D eigenvalue weighted by molar-refractivity contribution is 5.96. The molecule has 0 saturated carbocycles. The number of H-pyrrole nitrogens is 1. The number of aryl methyl sites for hydroxylation is 1. The number of hydrogen-bond donors (Lipinski definition) is 3. The van der Waals surface area contributed by atoms with E-state index in [9.17, 15) is 4.79 Å². The number of amides is 1. The van der Waals surface area contributed by atoms with Gasteiger partial charge in [-0.3, -0.25) is 4.79 Å². The lowest BCUT2D eigenvalue weighted by atomic mass is 10.0. The van der Waals surface area contributed by atoms with Crippen molar-refractivity contribution in [1.82, 2.24) is 4.98 Å². The number of carbonyl (C=O) groups excluding carboxylic acids is 1. The van der Waals surface area contributed by atoms with Crippen molar-refractivity contribution in [2.75, 3.05) is 5.32 Å². The van der Waals surface area contributed by atoms with Crippen LogP contribution in [0.2, 0.25) is 0 Å². The van der Waals surface area contributed by atoms with Crippen molar-refractivity contribution < 1.29 is 4.79 Å². The second-order valence-electron chi connectivity index (χ2n) is 5.48. The Morgan fingerprint density at radius 1 is 1.35 bits per heavy atom. The van der Waals surface area contributed by atoms with Gasteiger partial charge in [0.25, 0.3) is 0 Å². The van der Waals surface area contributed by atoms with Crippen LogP contribution in [0.15, 0.2) is 24.3 Å². The molecule has 110 valence electrons. The molecule has 1 aromatic heterocycles. The first kappa shape index (κ1) is 16.5. The van der Waals surface area contributed by atoms with Gasteiger partial charge in [0.1, 0.15) is 0 Å². The highest BCUT2D eigenvalue weighted by Gasteiger charge is 2.15. The van der Waals surface area contributed by atoms with E-state index in [1.54, 1.807) is 0 Å². The number of halogens is 1. The number of fused-ring (bicyclic) bond motifs is 1. The van der Waals surface area contributed by atoms with Gasteiger partial charge in [-0.2, -0.15) is 0 Å². The maximum Gasteiger partial charge on any atom is 0.241 e. The molecular formula is C15H22ClN3O. The van der Waals surface area contributed by atoms with Crippen molar-refractivity contribution in [2.45, 2.75) is 33.2 Å². The standard InChI is InChI=1S/C15H21N3O.ClH/c1-9(2)6-13(16)15(19)18-12-4-5-14-11(8-12)7-10(3)17-14;/h4-5,7-9,13,17H,6,16H2,1-3H3,(H,18,19);1H/t13-;/m0./s1. The van der Waals surface area contributed by atoms with Crippen molar-refractivity contribution in [3.8, 4) is 0 Å². The lowest BCUT2D eigenvalue weighted by molar-refractivity contribution is -0.117. The molecule has 1 atom stereocenters. The summed E-state index contributed by atoms with van der Waals surface area (Å²) in [7, 11) is 0. The third kappa shape index (κ3) is 3.99. The van der Waals surface area contributed by atoms with Gasteiger partial charge < -0.3 is 16.0 Å². The molecule has 0 aliphatic carbocycles. The monoisotopic (exact) mass is 295 g/mol. The molecule has 5 heteroatoms. The average Bonchev–Trinajstić information content (AvgIpc) is 2.67. The van der Waals surface area contributed by atoms with Crippen LogP contribution in [0.25, 0.3) is 10.9 Å². The Morgan fingerprint density at radius 2 is 2.05 bits per heavy atom. The maximum atomic E-state index is 11.9. The van der Waals surface area contributed by atoms with Crippen LogP contribution in [0.1, 0.15) is 26.0 Å². The third-order valence-corrected chi connectivity index (χ3v) is 3.09. The molecule has 0 unspecified atom stereocenters. The van der Waals surface area contributed by atoms with Gasteiger partial charge in [-0.05, 0) is 43.5 Å². The first-order valence-electron chi connectivity index (χ1n) is 6.61. The van der Waals surface area contributed by atoms with Crippen molar-refractivity contribution in [1.29, 1.82) is 0 Å². The molecule has 0 fully saturated rings. The molecule has 2 rings (SSSR count). The molecule has 2 aromatic rings. The van der Waals surface area contributed by atoms with Gasteiger partial charge >= 0.3 is 0 Å². The van der Waals surface area contributed by atoms with Gasteiger partial charge in [-0.15, -0.1) is 12.4 Å². The first-order chi connectivity index (χ1) is 8.95. The number of nitrogens with one attached hydrogen (secondary N) is 2. The Kier molecular flexibility index (Phi) is 5.60. The molecule has 1 aromatic carbocycles. The van der Waals surface area contributed by atoms with Crippen molar-refractivity contribution in [3.05, 3.63) is 30.0 Å². The molecule has 4 N–H and O–H groups in total. The van der Waals surface area contributed by atoms with Gasteiger partial charge in [0.15, 0.2) is 0 Å². The molecule has 4 nitrogen and oxygen atoms in total. The molecule has 1 heterocycles. The fraction of sp³-hybridized carbons (Fsp3) is 0.400. The van der Waals surface area contributed by atoms with E-state index in [0.29, 0.717) is 12.3 Å². The summed E-state index contributed by atoms with van der Waals surface area (Å²) in [5.74, 6) is 0.288. The lowest BCUT2D eigenvalue weighted by Crippen LogP contribution is -2.36. The smallest absolute Gasteiger partial charge is 0.241 e. The summed E-state index contributed by atoms with van der Waals surface area (Å²) in [6.45, 7) is 6.13. The Morgan fingerprint density at radius 3 is 2.70 bits per heavy atom. The molecule has 0 radical (unpaired) electrons. The number of aromatic nitrogens is 1. The van der Waals surface area contributed by atoms with Gasteiger partial charge in [-0.25, -0.2) is 0 Å². The SMILES string of the molecule is Cc1cc2cc(NC(=O)[C@@H](N)CC(C)C)ccc2[nH]1.Cl. The molecule has 0 aliphatic rings. The maximum absolute atomic E-state index is 11.9. The molecule has 0 aliphatic heterocycles. The van der Waals surface area contributed by atoms with Gasteiger partial charge in [0, 0.05) is 22.3 Å². The van der Waals surface area contributed by atoms with Crippen LogP contribution < -0.4 is 11.1 Å². The summed E-state index contributed by atoms with van der Waals surface area (Å²) in [6, 6.07) is 7.41. The van der Waals surface area contributed by atoms with E-state index in [-0.39, 0.29) is 18.3 Å². The second kappa shape index (κ2) is 6.77. The summed E-state index contributed by atoms with van der Waals surface area (Å²) in [5, 5.41) is 3.96.